The van der Waals surface area contributed by atoms with E-state index in [0.29, 0.717) is 23.7 Å². The first-order valence-electron chi connectivity index (χ1n) is 5.48. The fraction of sp³-hybridized carbons (Fsp3) is 0.333. The maximum absolute atomic E-state index is 5.82. The normalized spacial score (nSPS) is 15.6. The second-order valence-electron chi connectivity index (χ2n) is 4.22. The smallest absolute Gasteiger partial charge is 0.144 e. The lowest BCUT2D eigenvalue weighted by molar-refractivity contribution is 0.127. The maximum Gasteiger partial charge on any atom is 0.144 e. The van der Waals surface area contributed by atoms with Gasteiger partial charge in [-0.25, -0.2) is 0 Å². The second-order valence-corrected chi connectivity index (χ2v) is 4.22. The Hall–Kier alpha value is -2.04. The number of hydrogen-bond donors (Lipinski definition) is 2. The van der Waals surface area contributed by atoms with E-state index in [9.17, 15) is 0 Å². The summed E-state index contributed by atoms with van der Waals surface area (Å²) in [4.78, 5) is 4.17. The standard InChI is InChI=1S/C12H18N4O/c1-15-5-6-16(2)12(15)8-17-11-7-9(13)3-4-10(11)14/h3-7,12H,8,13-14H2,1-2H3. The third-order valence-corrected chi connectivity index (χ3v) is 2.90. The van der Waals surface area contributed by atoms with Gasteiger partial charge in [0.2, 0.25) is 0 Å². The van der Waals surface area contributed by atoms with Crippen LogP contribution in [0.1, 0.15) is 0 Å². The van der Waals surface area contributed by atoms with Crippen molar-refractivity contribution in [3.63, 3.8) is 0 Å². The Balaban J connectivity index is 2.00. The van der Waals surface area contributed by atoms with E-state index < -0.39 is 0 Å². The van der Waals surface area contributed by atoms with Crippen molar-refractivity contribution in [3.05, 3.63) is 30.6 Å². The molecule has 1 aromatic carbocycles. The molecule has 2 rings (SSSR count). The van der Waals surface area contributed by atoms with Crippen molar-refractivity contribution in [2.75, 3.05) is 32.2 Å². The Kier molecular flexibility index (Phi) is 2.99. The van der Waals surface area contributed by atoms with Gasteiger partial charge in [0.05, 0.1) is 5.69 Å². The number of nitrogens with two attached hydrogens (primary N) is 2. The average Bonchev–Trinajstić information content (AvgIpc) is 2.61. The van der Waals surface area contributed by atoms with Crippen LogP contribution in [0.2, 0.25) is 0 Å². The zero-order chi connectivity index (χ0) is 12.4. The highest BCUT2D eigenvalue weighted by Crippen LogP contribution is 2.24. The van der Waals surface area contributed by atoms with Gasteiger partial charge in [-0.05, 0) is 12.1 Å². The molecule has 1 aliphatic rings. The minimum atomic E-state index is 0.191. The third kappa shape index (κ3) is 2.38. The van der Waals surface area contributed by atoms with Crippen LogP contribution in [0.4, 0.5) is 11.4 Å². The van der Waals surface area contributed by atoms with Gasteiger partial charge in [-0.15, -0.1) is 0 Å². The molecule has 0 fully saturated rings. The number of hydrogen-bond acceptors (Lipinski definition) is 5. The minimum Gasteiger partial charge on any atom is -0.487 e. The monoisotopic (exact) mass is 234 g/mol. The van der Waals surface area contributed by atoms with Gasteiger partial charge in [-0.2, -0.15) is 0 Å². The highest BCUT2D eigenvalue weighted by Gasteiger charge is 2.21. The van der Waals surface area contributed by atoms with Crippen molar-refractivity contribution in [1.29, 1.82) is 0 Å². The van der Waals surface area contributed by atoms with Crippen LogP contribution in [0.3, 0.4) is 0 Å². The van der Waals surface area contributed by atoms with Crippen LogP contribution in [0.5, 0.6) is 5.75 Å². The number of benzene rings is 1. The highest BCUT2D eigenvalue weighted by molar-refractivity contribution is 5.59. The summed E-state index contributed by atoms with van der Waals surface area (Å²) >= 11 is 0. The van der Waals surface area contributed by atoms with Gasteiger partial charge in [0, 0.05) is 38.2 Å². The average molecular weight is 234 g/mol. The molecular formula is C12H18N4O. The Morgan fingerprint density at radius 2 is 1.82 bits per heavy atom. The van der Waals surface area contributed by atoms with E-state index in [2.05, 4.69) is 9.80 Å². The molecule has 1 heterocycles. The first kappa shape index (κ1) is 11.4. The van der Waals surface area contributed by atoms with Crippen LogP contribution in [0.15, 0.2) is 30.6 Å². The van der Waals surface area contributed by atoms with Gasteiger partial charge in [0.1, 0.15) is 18.5 Å². The summed E-state index contributed by atoms with van der Waals surface area (Å²) in [6, 6.07) is 5.26. The molecule has 5 nitrogen and oxygen atoms in total. The molecule has 0 atom stereocenters. The number of ether oxygens (including phenoxy) is 1. The van der Waals surface area contributed by atoms with Crippen molar-refractivity contribution in [2.24, 2.45) is 0 Å². The predicted octanol–water partition coefficient (Wildman–Crippen LogP) is 0.904. The van der Waals surface area contributed by atoms with Crippen molar-refractivity contribution in [3.8, 4) is 5.75 Å². The van der Waals surface area contributed by atoms with Gasteiger partial charge < -0.3 is 26.0 Å². The number of rotatable bonds is 3. The molecule has 0 saturated carbocycles. The Morgan fingerprint density at radius 1 is 1.18 bits per heavy atom. The molecule has 0 bridgehead atoms. The molecule has 4 N–H and O–H groups in total. The lowest BCUT2D eigenvalue weighted by Gasteiger charge is -2.27. The van der Waals surface area contributed by atoms with Crippen molar-refractivity contribution >= 4 is 11.4 Å². The van der Waals surface area contributed by atoms with Crippen molar-refractivity contribution in [2.45, 2.75) is 6.17 Å². The molecule has 17 heavy (non-hydrogen) atoms. The van der Waals surface area contributed by atoms with Crippen LogP contribution in [-0.4, -0.2) is 36.7 Å². The Labute approximate surface area is 101 Å². The maximum atomic E-state index is 5.82. The predicted molar refractivity (Wildman–Crippen MR) is 69.2 cm³/mol. The zero-order valence-electron chi connectivity index (χ0n) is 10.1. The summed E-state index contributed by atoms with van der Waals surface area (Å²) in [7, 11) is 4.02. The lowest BCUT2D eigenvalue weighted by atomic mass is 10.2. The van der Waals surface area contributed by atoms with Crippen LogP contribution in [0.25, 0.3) is 0 Å². The Bertz CT molecular complexity index is 421. The van der Waals surface area contributed by atoms with Crippen LogP contribution in [0, 0.1) is 0 Å². The molecule has 0 spiro atoms. The number of likely N-dealkylation sites (N-methyl/N-ethyl adjacent to an activating group) is 2. The lowest BCUT2D eigenvalue weighted by Crippen LogP contribution is -2.39. The molecule has 1 aromatic rings. The molecule has 0 aromatic heterocycles. The first-order valence-corrected chi connectivity index (χ1v) is 5.48. The van der Waals surface area contributed by atoms with Crippen molar-refractivity contribution in [1.82, 2.24) is 9.80 Å². The number of anilines is 2. The van der Waals surface area contributed by atoms with Gasteiger partial charge in [-0.3, -0.25) is 0 Å². The molecule has 0 aliphatic carbocycles. The van der Waals surface area contributed by atoms with E-state index in [1.165, 1.54) is 0 Å². The van der Waals surface area contributed by atoms with Gasteiger partial charge >= 0.3 is 0 Å². The molecule has 1 aliphatic heterocycles. The summed E-state index contributed by atoms with van der Waals surface area (Å²) in [6.45, 7) is 0.535. The van der Waals surface area contributed by atoms with Gasteiger partial charge in [0.15, 0.2) is 0 Å². The second kappa shape index (κ2) is 4.45. The van der Waals surface area contributed by atoms with E-state index in [1.807, 2.05) is 26.5 Å². The molecule has 0 unspecified atom stereocenters. The van der Waals surface area contributed by atoms with Crippen molar-refractivity contribution < 1.29 is 4.74 Å². The molecular weight excluding hydrogens is 216 g/mol. The SMILES string of the molecule is CN1C=CN(C)C1COc1cc(N)ccc1N. The molecule has 0 amide bonds. The van der Waals surface area contributed by atoms with E-state index in [0.717, 1.165) is 0 Å². The van der Waals surface area contributed by atoms with E-state index in [1.54, 1.807) is 18.2 Å². The van der Waals surface area contributed by atoms with Crippen LogP contribution < -0.4 is 16.2 Å². The molecule has 92 valence electrons. The van der Waals surface area contributed by atoms with Crippen LogP contribution >= 0.6 is 0 Å². The van der Waals surface area contributed by atoms with E-state index in [-0.39, 0.29) is 6.17 Å². The minimum absolute atomic E-state index is 0.191. The van der Waals surface area contributed by atoms with Crippen LogP contribution in [-0.2, 0) is 0 Å². The summed E-state index contributed by atoms with van der Waals surface area (Å²) in [5.74, 6) is 0.638. The molecule has 5 heteroatoms. The quantitative estimate of drug-likeness (QED) is 0.761. The Morgan fingerprint density at radius 3 is 2.47 bits per heavy atom. The third-order valence-electron chi connectivity index (χ3n) is 2.90. The summed E-state index contributed by atoms with van der Waals surface area (Å²) in [6.07, 6.45) is 4.21. The largest absolute Gasteiger partial charge is 0.487 e. The van der Waals surface area contributed by atoms with Gasteiger partial charge in [-0.1, -0.05) is 0 Å². The molecule has 0 radical (unpaired) electrons. The first-order chi connectivity index (χ1) is 8.08. The summed E-state index contributed by atoms with van der Waals surface area (Å²) < 4.78 is 5.71. The number of nitrogen functional groups attached to an aromatic ring is 2. The zero-order valence-corrected chi connectivity index (χ0v) is 10.1. The van der Waals surface area contributed by atoms with E-state index in [4.69, 9.17) is 16.2 Å². The fourth-order valence-corrected chi connectivity index (χ4v) is 1.77. The number of nitrogens with zero attached hydrogens (tertiary/aromatic N) is 2. The topological polar surface area (TPSA) is 67.8 Å². The summed E-state index contributed by atoms with van der Waals surface area (Å²) in [5.41, 5.74) is 12.8. The van der Waals surface area contributed by atoms with Gasteiger partial charge in [0.25, 0.3) is 0 Å². The highest BCUT2D eigenvalue weighted by atomic mass is 16.5. The van der Waals surface area contributed by atoms with E-state index >= 15 is 0 Å². The fourth-order valence-electron chi connectivity index (χ4n) is 1.77. The molecule has 0 saturated heterocycles. The summed E-state index contributed by atoms with van der Waals surface area (Å²) in [5, 5.41) is 0.